The highest BCUT2D eigenvalue weighted by Gasteiger charge is 2.23. The van der Waals surface area contributed by atoms with Crippen molar-refractivity contribution >= 4 is 28.8 Å². The molecule has 1 aromatic heterocycles. The van der Waals surface area contributed by atoms with Crippen molar-refractivity contribution in [1.29, 1.82) is 0 Å². The molecule has 0 unspecified atom stereocenters. The van der Waals surface area contributed by atoms with E-state index in [0.717, 1.165) is 32.1 Å². The Bertz CT molecular complexity index is 1360. The Morgan fingerprint density at radius 2 is 2.00 bits per heavy atom. The first kappa shape index (κ1) is 25.0. The van der Waals surface area contributed by atoms with Crippen LogP contribution in [0.3, 0.4) is 0 Å². The lowest BCUT2D eigenvalue weighted by Crippen LogP contribution is -2.26. The number of aromatic nitrogens is 2. The van der Waals surface area contributed by atoms with Crippen molar-refractivity contribution in [2.24, 2.45) is 5.10 Å². The van der Waals surface area contributed by atoms with Gasteiger partial charge in [0.15, 0.2) is 6.10 Å². The third-order valence-electron chi connectivity index (χ3n) is 6.19. The summed E-state index contributed by atoms with van der Waals surface area (Å²) < 4.78 is 12.0. The smallest absolute Gasteiger partial charge is 0.347 e. The minimum Gasteiger partial charge on any atom is -0.478 e. The summed E-state index contributed by atoms with van der Waals surface area (Å²) >= 11 is 0. The van der Waals surface area contributed by atoms with Crippen LogP contribution in [-0.4, -0.2) is 39.5 Å². The molecule has 1 atom stereocenters. The normalized spacial score (nSPS) is 15.2. The molecule has 0 N–H and O–H groups in total. The van der Waals surface area contributed by atoms with E-state index in [1.165, 1.54) is 36.0 Å². The molecule has 0 amide bonds. The monoisotopic (exact) mass is 492 g/mol. The van der Waals surface area contributed by atoms with Crippen molar-refractivity contribution in [3.05, 3.63) is 74.3 Å². The van der Waals surface area contributed by atoms with Gasteiger partial charge < -0.3 is 9.47 Å². The van der Waals surface area contributed by atoms with Crippen LogP contribution in [0.25, 0.3) is 10.9 Å². The fourth-order valence-corrected chi connectivity index (χ4v) is 4.35. The van der Waals surface area contributed by atoms with Crippen LogP contribution in [0.2, 0.25) is 0 Å². The molecule has 1 saturated carbocycles. The number of hydrogen-bond acceptors (Lipinski definition) is 8. The van der Waals surface area contributed by atoms with E-state index in [4.69, 9.17) is 14.5 Å². The van der Waals surface area contributed by atoms with Gasteiger partial charge in [0.1, 0.15) is 11.6 Å². The fourth-order valence-electron chi connectivity index (χ4n) is 4.35. The topological polar surface area (TPSA) is 126 Å². The number of nitro benzene ring substituents is 1. The van der Waals surface area contributed by atoms with Crippen LogP contribution in [0.15, 0.2) is 52.4 Å². The zero-order chi connectivity index (χ0) is 25.7. The molecule has 0 bridgehead atoms. The van der Waals surface area contributed by atoms with Crippen LogP contribution in [-0.2, 0) is 9.53 Å². The lowest BCUT2D eigenvalue weighted by molar-refractivity contribution is -0.384. The van der Waals surface area contributed by atoms with E-state index in [1.807, 2.05) is 6.07 Å². The largest absolute Gasteiger partial charge is 0.478 e. The number of nitrogens with zero attached hydrogens (tertiary/aromatic N) is 4. The molecule has 10 nitrogen and oxygen atoms in total. The quantitative estimate of drug-likeness (QED) is 0.195. The first-order valence-corrected chi connectivity index (χ1v) is 12.1. The molecular weight excluding hydrogens is 464 g/mol. The van der Waals surface area contributed by atoms with Gasteiger partial charge in [-0.2, -0.15) is 9.78 Å². The Labute approximate surface area is 207 Å². The van der Waals surface area contributed by atoms with E-state index in [0.29, 0.717) is 16.7 Å². The summed E-state index contributed by atoms with van der Waals surface area (Å²) in [5, 5.41) is 16.3. The molecule has 0 radical (unpaired) electrons. The highest BCUT2D eigenvalue weighted by Crippen LogP contribution is 2.32. The second-order valence-corrected chi connectivity index (χ2v) is 8.67. The van der Waals surface area contributed by atoms with Gasteiger partial charge in [-0.1, -0.05) is 31.4 Å². The van der Waals surface area contributed by atoms with Crippen LogP contribution in [0.4, 0.5) is 5.69 Å². The van der Waals surface area contributed by atoms with Crippen molar-refractivity contribution in [3.63, 3.8) is 0 Å². The molecule has 10 heteroatoms. The molecule has 0 aliphatic heterocycles. The van der Waals surface area contributed by atoms with Crippen molar-refractivity contribution in [3.8, 4) is 5.75 Å². The Balaban J connectivity index is 1.79. The van der Waals surface area contributed by atoms with Crippen LogP contribution < -0.4 is 10.3 Å². The summed E-state index contributed by atoms with van der Waals surface area (Å²) in [5.41, 5.74) is 0.362. The third kappa shape index (κ3) is 5.42. The predicted octanol–water partition coefficient (Wildman–Crippen LogP) is 4.57. The molecule has 1 aliphatic rings. The molecule has 1 heterocycles. The maximum atomic E-state index is 13.4. The number of benzene rings is 2. The fraction of sp³-hybridized carbons (Fsp3) is 0.385. The van der Waals surface area contributed by atoms with Gasteiger partial charge in [-0.25, -0.2) is 9.78 Å². The number of hydrogen-bond donors (Lipinski definition) is 0. The highest BCUT2D eigenvalue weighted by molar-refractivity contribution is 5.85. The van der Waals surface area contributed by atoms with Crippen LogP contribution >= 0.6 is 0 Å². The van der Waals surface area contributed by atoms with Gasteiger partial charge in [0.25, 0.3) is 11.2 Å². The first-order chi connectivity index (χ1) is 17.4. The number of ether oxygens (including phenoxy) is 2. The predicted molar refractivity (Wildman–Crippen MR) is 135 cm³/mol. The average molecular weight is 493 g/mol. The minimum atomic E-state index is -0.943. The molecule has 4 rings (SSSR count). The number of carbonyl (C=O) groups excluding carboxylic acids is 1. The van der Waals surface area contributed by atoms with E-state index in [-0.39, 0.29) is 35.1 Å². The lowest BCUT2D eigenvalue weighted by atomic mass is 9.88. The third-order valence-corrected chi connectivity index (χ3v) is 6.19. The molecule has 0 spiro atoms. The molecule has 36 heavy (non-hydrogen) atoms. The molecule has 3 aromatic rings. The molecule has 2 aromatic carbocycles. The zero-order valence-electron chi connectivity index (χ0n) is 20.3. The van der Waals surface area contributed by atoms with E-state index in [1.54, 1.807) is 25.1 Å². The van der Waals surface area contributed by atoms with Gasteiger partial charge in [-0.05, 0) is 44.9 Å². The van der Waals surface area contributed by atoms with Gasteiger partial charge in [0.2, 0.25) is 0 Å². The number of non-ortho nitro benzene ring substituents is 1. The number of rotatable bonds is 8. The molecule has 1 aliphatic carbocycles. The maximum absolute atomic E-state index is 13.4. The molecule has 188 valence electrons. The van der Waals surface area contributed by atoms with Crippen molar-refractivity contribution < 1.29 is 19.2 Å². The van der Waals surface area contributed by atoms with Crippen molar-refractivity contribution in [1.82, 2.24) is 9.66 Å². The van der Waals surface area contributed by atoms with Crippen LogP contribution in [0.1, 0.15) is 63.3 Å². The number of nitro groups is 1. The molecule has 1 fully saturated rings. The summed E-state index contributed by atoms with van der Waals surface area (Å²) in [4.78, 5) is 41.1. The standard InChI is InChI=1S/C26H28N4O6/c1-3-35-26(32)17(2)36-23-14-13-20(30(33)34)15-19(23)16-27-29-24(18-9-5-4-6-10-18)28-22-12-8-7-11-21(22)25(29)31/h7-8,11-18H,3-6,9-10H2,1-2H3/t17-/m1/s1. The Hall–Kier alpha value is -4.08. The van der Waals surface area contributed by atoms with E-state index >= 15 is 0 Å². The minimum absolute atomic E-state index is 0.0814. The van der Waals surface area contributed by atoms with Gasteiger partial charge in [-0.3, -0.25) is 14.9 Å². The van der Waals surface area contributed by atoms with E-state index in [2.05, 4.69) is 5.10 Å². The Morgan fingerprint density at radius 3 is 2.72 bits per heavy atom. The van der Waals surface area contributed by atoms with Gasteiger partial charge in [0.05, 0.1) is 28.6 Å². The molecule has 0 saturated heterocycles. The summed E-state index contributed by atoms with van der Waals surface area (Å²) in [6, 6.07) is 11.1. The Morgan fingerprint density at radius 1 is 1.25 bits per heavy atom. The number of fused-ring (bicyclic) bond motifs is 1. The highest BCUT2D eigenvalue weighted by atomic mass is 16.6. The van der Waals surface area contributed by atoms with E-state index in [9.17, 15) is 19.7 Å². The second-order valence-electron chi connectivity index (χ2n) is 8.67. The van der Waals surface area contributed by atoms with Gasteiger partial charge >= 0.3 is 5.97 Å². The molecular formula is C26H28N4O6. The number of para-hydroxylation sites is 1. The van der Waals surface area contributed by atoms with Gasteiger partial charge in [-0.15, -0.1) is 0 Å². The first-order valence-electron chi connectivity index (χ1n) is 12.1. The summed E-state index contributed by atoms with van der Waals surface area (Å²) in [7, 11) is 0. The zero-order valence-corrected chi connectivity index (χ0v) is 20.3. The summed E-state index contributed by atoms with van der Waals surface area (Å²) in [5.74, 6) is 0.291. The Kier molecular flexibility index (Phi) is 7.72. The second kappa shape index (κ2) is 11.1. The average Bonchev–Trinajstić information content (AvgIpc) is 2.89. The van der Waals surface area contributed by atoms with E-state index < -0.39 is 17.0 Å². The van der Waals surface area contributed by atoms with Crippen LogP contribution in [0.5, 0.6) is 5.75 Å². The van der Waals surface area contributed by atoms with Crippen molar-refractivity contribution in [2.75, 3.05) is 6.61 Å². The maximum Gasteiger partial charge on any atom is 0.347 e. The number of carbonyl (C=O) groups is 1. The lowest BCUT2D eigenvalue weighted by Gasteiger charge is -2.22. The van der Waals surface area contributed by atoms with Crippen molar-refractivity contribution in [2.45, 2.75) is 58.0 Å². The van der Waals surface area contributed by atoms with Gasteiger partial charge in [0, 0.05) is 23.6 Å². The summed E-state index contributed by atoms with van der Waals surface area (Å²) in [6.07, 6.45) is 5.44. The number of esters is 1. The van der Waals surface area contributed by atoms with Crippen LogP contribution in [0, 0.1) is 10.1 Å². The SMILES string of the molecule is CCOC(=O)[C@@H](C)Oc1ccc([N+](=O)[O-])cc1C=Nn1c(C2CCCCC2)nc2ccccc2c1=O. The summed E-state index contributed by atoms with van der Waals surface area (Å²) in [6.45, 7) is 3.41.